The lowest BCUT2D eigenvalue weighted by Gasteiger charge is -2.39. The predicted octanol–water partition coefficient (Wildman–Crippen LogP) is 2.28. The van der Waals surface area contributed by atoms with Gasteiger partial charge in [-0.1, -0.05) is 6.92 Å². The van der Waals surface area contributed by atoms with Gasteiger partial charge in [-0.15, -0.1) is 0 Å². The van der Waals surface area contributed by atoms with Crippen molar-refractivity contribution in [3.8, 4) is 0 Å². The van der Waals surface area contributed by atoms with Gasteiger partial charge in [0.1, 0.15) is 5.60 Å². The number of aromatic nitrogens is 2. The molecule has 0 saturated carbocycles. The van der Waals surface area contributed by atoms with E-state index in [9.17, 15) is 4.79 Å². The number of aliphatic imine (C=N–C) groups is 1. The quantitative estimate of drug-likeness (QED) is 0.551. The van der Waals surface area contributed by atoms with E-state index >= 15 is 0 Å². The third-order valence-electron chi connectivity index (χ3n) is 6.16. The molecule has 2 aliphatic heterocycles. The highest BCUT2D eigenvalue weighted by molar-refractivity contribution is 5.80. The Morgan fingerprint density at radius 3 is 2.56 bits per heavy atom. The van der Waals surface area contributed by atoms with E-state index in [1.54, 1.807) is 4.90 Å². The van der Waals surface area contributed by atoms with E-state index in [-0.39, 0.29) is 6.09 Å². The SMILES string of the molecule is CCNC(=NCCN1CCN(C(=O)OC(C)(C)C)CC1)N1CCC(C)C(n2ccnc2)C1. The maximum Gasteiger partial charge on any atom is 0.410 e. The number of amides is 1. The summed E-state index contributed by atoms with van der Waals surface area (Å²) in [6, 6.07) is 0.413. The standard InChI is InChI=1S/C23H41N7O2/c1-6-25-21(29-10-7-19(2)20(17-29)30-12-8-24-18-30)26-9-11-27-13-15-28(16-14-27)22(31)32-23(3,4)5/h8,12,18-20H,6-7,9-11,13-17H2,1-5H3,(H,25,26). The van der Waals surface area contributed by atoms with Crippen LogP contribution in [0.25, 0.3) is 0 Å². The Morgan fingerprint density at radius 2 is 1.94 bits per heavy atom. The fourth-order valence-electron chi connectivity index (χ4n) is 4.30. The first kappa shape index (κ1) is 24.4. The van der Waals surface area contributed by atoms with Crippen LogP contribution in [0.3, 0.4) is 0 Å². The van der Waals surface area contributed by atoms with Crippen LogP contribution < -0.4 is 5.32 Å². The number of carbonyl (C=O) groups excluding carboxylic acids is 1. The Balaban J connectivity index is 1.49. The number of nitrogens with one attached hydrogen (secondary N) is 1. The van der Waals surface area contributed by atoms with Crippen LogP contribution in [-0.2, 0) is 4.74 Å². The average molecular weight is 448 g/mol. The third kappa shape index (κ3) is 6.85. The number of imidazole rings is 1. The Labute approximate surface area is 192 Å². The molecule has 1 amide bonds. The molecular weight excluding hydrogens is 406 g/mol. The maximum atomic E-state index is 12.2. The molecule has 0 bridgehead atoms. The number of piperazine rings is 1. The smallest absolute Gasteiger partial charge is 0.410 e. The van der Waals surface area contributed by atoms with Crippen LogP contribution in [0.15, 0.2) is 23.7 Å². The van der Waals surface area contributed by atoms with Gasteiger partial charge in [0, 0.05) is 64.8 Å². The molecule has 3 heterocycles. The summed E-state index contributed by atoms with van der Waals surface area (Å²) in [5.74, 6) is 1.61. The van der Waals surface area contributed by atoms with Crippen LogP contribution in [0.2, 0.25) is 0 Å². The van der Waals surface area contributed by atoms with E-state index in [1.165, 1.54) is 0 Å². The fourth-order valence-corrected chi connectivity index (χ4v) is 4.30. The van der Waals surface area contributed by atoms with E-state index < -0.39 is 5.60 Å². The molecule has 0 aromatic carbocycles. The Bertz CT molecular complexity index is 736. The summed E-state index contributed by atoms with van der Waals surface area (Å²) >= 11 is 0. The summed E-state index contributed by atoms with van der Waals surface area (Å²) in [4.78, 5) is 28.0. The van der Waals surface area contributed by atoms with Crippen molar-refractivity contribution in [2.75, 3.05) is 58.9 Å². The zero-order valence-electron chi connectivity index (χ0n) is 20.5. The highest BCUT2D eigenvalue weighted by Gasteiger charge is 2.29. The number of rotatable bonds is 5. The van der Waals surface area contributed by atoms with Crippen LogP contribution in [0, 0.1) is 5.92 Å². The van der Waals surface area contributed by atoms with Gasteiger partial charge in [0.25, 0.3) is 0 Å². The van der Waals surface area contributed by atoms with Crippen molar-refractivity contribution in [3.63, 3.8) is 0 Å². The third-order valence-corrected chi connectivity index (χ3v) is 6.16. The molecule has 2 unspecified atom stereocenters. The second-order valence-corrected chi connectivity index (χ2v) is 9.83. The Hall–Kier alpha value is -2.29. The van der Waals surface area contributed by atoms with Gasteiger partial charge >= 0.3 is 6.09 Å². The summed E-state index contributed by atoms with van der Waals surface area (Å²) in [5, 5.41) is 3.48. The fraction of sp³-hybridized carbons (Fsp3) is 0.783. The highest BCUT2D eigenvalue weighted by Crippen LogP contribution is 2.27. The van der Waals surface area contributed by atoms with E-state index in [0.29, 0.717) is 25.0 Å². The number of nitrogens with zero attached hydrogens (tertiary/aromatic N) is 6. The van der Waals surface area contributed by atoms with E-state index in [0.717, 1.165) is 58.2 Å². The van der Waals surface area contributed by atoms with Gasteiger partial charge < -0.3 is 24.4 Å². The lowest BCUT2D eigenvalue weighted by Crippen LogP contribution is -2.51. The number of guanidine groups is 1. The van der Waals surface area contributed by atoms with Crippen molar-refractivity contribution in [1.29, 1.82) is 0 Å². The van der Waals surface area contributed by atoms with Crippen LogP contribution in [0.1, 0.15) is 47.1 Å². The summed E-state index contributed by atoms with van der Waals surface area (Å²) < 4.78 is 7.72. The van der Waals surface area contributed by atoms with Crippen LogP contribution in [0.4, 0.5) is 4.79 Å². The second-order valence-electron chi connectivity index (χ2n) is 9.83. The second kappa shape index (κ2) is 11.0. The maximum absolute atomic E-state index is 12.2. The molecule has 2 aliphatic rings. The molecule has 1 N–H and O–H groups in total. The molecule has 2 atom stereocenters. The summed E-state index contributed by atoms with van der Waals surface area (Å²) in [6.07, 6.45) is 6.77. The van der Waals surface area contributed by atoms with Crippen molar-refractivity contribution >= 4 is 12.1 Å². The number of hydrogen-bond acceptors (Lipinski definition) is 5. The van der Waals surface area contributed by atoms with Crippen molar-refractivity contribution < 1.29 is 9.53 Å². The Morgan fingerprint density at radius 1 is 1.19 bits per heavy atom. The molecular formula is C23H41N7O2. The first-order valence-corrected chi connectivity index (χ1v) is 12.0. The largest absolute Gasteiger partial charge is 0.444 e. The molecule has 0 aliphatic carbocycles. The molecule has 32 heavy (non-hydrogen) atoms. The van der Waals surface area contributed by atoms with Crippen LogP contribution >= 0.6 is 0 Å². The minimum Gasteiger partial charge on any atom is -0.444 e. The average Bonchev–Trinajstić information content (AvgIpc) is 3.27. The van der Waals surface area contributed by atoms with Crippen molar-refractivity contribution in [1.82, 2.24) is 29.6 Å². The number of piperidine rings is 1. The van der Waals surface area contributed by atoms with Gasteiger partial charge in [-0.05, 0) is 40.0 Å². The van der Waals surface area contributed by atoms with Gasteiger partial charge in [-0.2, -0.15) is 0 Å². The van der Waals surface area contributed by atoms with Crippen molar-refractivity contribution in [3.05, 3.63) is 18.7 Å². The van der Waals surface area contributed by atoms with E-state index in [1.807, 2.05) is 33.3 Å². The normalized spacial score (nSPS) is 23.3. The lowest BCUT2D eigenvalue weighted by atomic mass is 9.93. The summed E-state index contributed by atoms with van der Waals surface area (Å²) in [7, 11) is 0. The summed E-state index contributed by atoms with van der Waals surface area (Å²) in [5.41, 5.74) is -0.450. The molecule has 180 valence electrons. The van der Waals surface area contributed by atoms with Gasteiger partial charge in [-0.25, -0.2) is 9.78 Å². The molecule has 0 spiro atoms. The monoisotopic (exact) mass is 447 g/mol. The van der Waals surface area contributed by atoms with Crippen LogP contribution in [0.5, 0.6) is 0 Å². The van der Waals surface area contributed by atoms with Gasteiger partial charge in [0.15, 0.2) is 5.96 Å². The number of carbonyl (C=O) groups is 1. The molecule has 2 saturated heterocycles. The minimum atomic E-state index is -0.450. The van der Waals surface area contributed by atoms with E-state index in [2.05, 4.69) is 44.7 Å². The minimum absolute atomic E-state index is 0.212. The topological polar surface area (TPSA) is 78.2 Å². The lowest BCUT2D eigenvalue weighted by molar-refractivity contribution is 0.0148. The zero-order chi connectivity index (χ0) is 23.1. The molecule has 2 fully saturated rings. The van der Waals surface area contributed by atoms with Crippen LogP contribution in [-0.4, -0.2) is 101 Å². The molecule has 9 nitrogen and oxygen atoms in total. The molecule has 9 heteroatoms. The van der Waals surface area contributed by atoms with Crippen molar-refractivity contribution in [2.24, 2.45) is 10.9 Å². The van der Waals surface area contributed by atoms with Crippen molar-refractivity contribution in [2.45, 2.75) is 52.7 Å². The summed E-state index contributed by atoms with van der Waals surface area (Å²) in [6.45, 7) is 17.7. The molecule has 3 rings (SSSR count). The highest BCUT2D eigenvalue weighted by atomic mass is 16.6. The molecule has 0 radical (unpaired) electrons. The number of ether oxygens (including phenoxy) is 1. The first-order chi connectivity index (χ1) is 15.3. The van der Waals surface area contributed by atoms with Gasteiger partial charge in [-0.3, -0.25) is 9.89 Å². The molecule has 1 aromatic heterocycles. The van der Waals surface area contributed by atoms with Gasteiger partial charge in [0.05, 0.1) is 18.9 Å². The van der Waals surface area contributed by atoms with E-state index in [4.69, 9.17) is 9.73 Å². The predicted molar refractivity (Wildman–Crippen MR) is 127 cm³/mol. The Kier molecular flexibility index (Phi) is 8.39. The number of likely N-dealkylation sites (tertiary alicyclic amines) is 1. The first-order valence-electron chi connectivity index (χ1n) is 12.0. The molecule has 1 aromatic rings. The van der Waals surface area contributed by atoms with Gasteiger partial charge in [0.2, 0.25) is 0 Å². The zero-order valence-corrected chi connectivity index (χ0v) is 20.5. The number of hydrogen-bond donors (Lipinski definition) is 1.